The van der Waals surface area contributed by atoms with E-state index < -0.39 is 0 Å². The van der Waals surface area contributed by atoms with Crippen molar-refractivity contribution in [2.75, 3.05) is 32.8 Å². The Kier molecular flexibility index (Phi) is 5.58. The first-order valence-corrected chi connectivity index (χ1v) is 9.29. The van der Waals surface area contributed by atoms with E-state index in [1.165, 1.54) is 58.2 Å². The Morgan fingerprint density at radius 2 is 1.95 bits per heavy atom. The molecule has 3 rings (SSSR count). The van der Waals surface area contributed by atoms with Gasteiger partial charge in [0.05, 0.1) is 6.61 Å². The van der Waals surface area contributed by atoms with Crippen molar-refractivity contribution in [2.45, 2.75) is 64.5 Å². The summed E-state index contributed by atoms with van der Waals surface area (Å²) >= 11 is 0. The van der Waals surface area contributed by atoms with Crippen molar-refractivity contribution in [1.82, 2.24) is 10.2 Å². The molecule has 0 amide bonds. The van der Waals surface area contributed by atoms with E-state index in [0.29, 0.717) is 6.04 Å². The molecule has 3 atom stereocenters. The molecule has 2 saturated heterocycles. The van der Waals surface area contributed by atoms with Crippen LogP contribution in [0.1, 0.15) is 52.4 Å². The van der Waals surface area contributed by atoms with E-state index in [2.05, 4.69) is 24.1 Å². The van der Waals surface area contributed by atoms with E-state index in [1.807, 2.05) is 0 Å². The minimum atomic E-state index is 0.673. The zero-order chi connectivity index (χ0) is 14.7. The Bertz CT molecular complexity index is 306. The van der Waals surface area contributed by atoms with Gasteiger partial charge in [0.1, 0.15) is 0 Å². The molecule has 1 saturated carbocycles. The number of rotatable bonds is 4. The molecule has 3 aliphatic rings. The van der Waals surface area contributed by atoms with Gasteiger partial charge in [0.2, 0.25) is 0 Å². The highest BCUT2D eigenvalue weighted by atomic mass is 16.5. The molecular formula is C18H34N2O. The Morgan fingerprint density at radius 3 is 2.62 bits per heavy atom. The summed E-state index contributed by atoms with van der Waals surface area (Å²) in [6.07, 6.45) is 8.55. The van der Waals surface area contributed by atoms with Gasteiger partial charge in [-0.05, 0) is 37.0 Å². The smallest absolute Gasteiger partial charge is 0.0507 e. The number of hydrogen-bond donors (Lipinski definition) is 1. The zero-order valence-corrected chi connectivity index (χ0v) is 14.0. The third kappa shape index (κ3) is 4.00. The first-order chi connectivity index (χ1) is 10.2. The van der Waals surface area contributed by atoms with Crippen LogP contribution in [-0.2, 0) is 4.74 Å². The van der Waals surface area contributed by atoms with Gasteiger partial charge in [-0.3, -0.25) is 4.90 Å². The predicted molar refractivity (Wildman–Crippen MR) is 87.5 cm³/mol. The SMILES string of the molecule is CC(C)C1CN(CC2CCOC2)C(C2CCCCC2)CN1. The molecule has 1 N–H and O–H groups in total. The second-order valence-electron chi connectivity index (χ2n) is 7.91. The van der Waals surface area contributed by atoms with Crippen molar-refractivity contribution < 1.29 is 4.74 Å². The lowest BCUT2D eigenvalue weighted by Crippen LogP contribution is -2.61. The van der Waals surface area contributed by atoms with Crippen molar-refractivity contribution >= 4 is 0 Å². The summed E-state index contributed by atoms with van der Waals surface area (Å²) in [6.45, 7) is 10.4. The fourth-order valence-electron chi connectivity index (χ4n) is 4.55. The average molecular weight is 294 g/mol. The van der Waals surface area contributed by atoms with Crippen molar-refractivity contribution in [2.24, 2.45) is 17.8 Å². The van der Waals surface area contributed by atoms with Gasteiger partial charge in [0.25, 0.3) is 0 Å². The van der Waals surface area contributed by atoms with Crippen LogP contribution in [-0.4, -0.2) is 49.8 Å². The van der Waals surface area contributed by atoms with Crippen LogP contribution in [0.3, 0.4) is 0 Å². The third-order valence-corrected chi connectivity index (χ3v) is 6.00. The van der Waals surface area contributed by atoms with Crippen LogP contribution in [0.25, 0.3) is 0 Å². The fraction of sp³-hybridized carbons (Fsp3) is 1.00. The van der Waals surface area contributed by atoms with Crippen LogP contribution >= 0.6 is 0 Å². The standard InChI is InChI=1S/C18H34N2O/c1-14(2)17-12-20(11-15-8-9-21-13-15)18(10-19-17)16-6-4-3-5-7-16/h14-19H,3-13H2,1-2H3. The number of nitrogens with one attached hydrogen (secondary N) is 1. The van der Waals surface area contributed by atoms with Crippen molar-refractivity contribution in [3.63, 3.8) is 0 Å². The number of ether oxygens (including phenoxy) is 1. The summed E-state index contributed by atoms with van der Waals surface area (Å²) in [7, 11) is 0. The highest BCUT2D eigenvalue weighted by Gasteiger charge is 2.36. The van der Waals surface area contributed by atoms with E-state index in [9.17, 15) is 0 Å². The predicted octanol–water partition coefficient (Wildman–Crippen LogP) is 2.90. The number of nitrogens with zero attached hydrogens (tertiary/aromatic N) is 1. The third-order valence-electron chi connectivity index (χ3n) is 6.00. The molecule has 3 heteroatoms. The number of piperazine rings is 1. The summed E-state index contributed by atoms with van der Waals surface area (Å²) in [6, 6.07) is 1.45. The molecular weight excluding hydrogens is 260 g/mol. The van der Waals surface area contributed by atoms with E-state index in [-0.39, 0.29) is 0 Å². The maximum atomic E-state index is 5.61. The molecule has 0 radical (unpaired) electrons. The van der Waals surface area contributed by atoms with Gasteiger partial charge >= 0.3 is 0 Å². The Balaban J connectivity index is 1.63. The van der Waals surface area contributed by atoms with Gasteiger partial charge in [-0.1, -0.05) is 33.1 Å². The summed E-state index contributed by atoms with van der Waals surface area (Å²) in [4.78, 5) is 2.84. The monoisotopic (exact) mass is 294 g/mol. The molecule has 2 heterocycles. The highest BCUT2D eigenvalue weighted by molar-refractivity contribution is 4.92. The first kappa shape index (κ1) is 15.8. The fourth-order valence-corrected chi connectivity index (χ4v) is 4.55. The van der Waals surface area contributed by atoms with Gasteiger partial charge in [-0.25, -0.2) is 0 Å². The lowest BCUT2D eigenvalue weighted by atomic mass is 9.81. The Labute approximate surface area is 130 Å². The van der Waals surface area contributed by atoms with Crippen molar-refractivity contribution in [3.05, 3.63) is 0 Å². The molecule has 3 nitrogen and oxygen atoms in total. The molecule has 1 aliphatic carbocycles. The molecule has 0 aromatic rings. The average Bonchev–Trinajstić information content (AvgIpc) is 3.01. The molecule has 2 aliphatic heterocycles. The van der Waals surface area contributed by atoms with E-state index in [0.717, 1.165) is 37.0 Å². The summed E-state index contributed by atoms with van der Waals surface area (Å²) in [5.74, 6) is 2.45. The van der Waals surface area contributed by atoms with Crippen LogP contribution < -0.4 is 5.32 Å². The molecule has 0 bridgehead atoms. The van der Waals surface area contributed by atoms with Crippen LogP contribution in [0.15, 0.2) is 0 Å². The van der Waals surface area contributed by atoms with E-state index >= 15 is 0 Å². The maximum absolute atomic E-state index is 5.61. The molecule has 3 unspecified atom stereocenters. The van der Waals surface area contributed by atoms with Crippen LogP contribution in [0.5, 0.6) is 0 Å². The normalized spacial score (nSPS) is 36.4. The van der Waals surface area contributed by atoms with E-state index in [4.69, 9.17) is 4.74 Å². The van der Waals surface area contributed by atoms with Crippen LogP contribution in [0.4, 0.5) is 0 Å². The van der Waals surface area contributed by atoms with Gasteiger partial charge in [-0.2, -0.15) is 0 Å². The summed E-state index contributed by atoms with van der Waals surface area (Å²) in [5, 5.41) is 3.85. The van der Waals surface area contributed by atoms with Gasteiger partial charge in [0, 0.05) is 38.3 Å². The topological polar surface area (TPSA) is 24.5 Å². The second-order valence-corrected chi connectivity index (χ2v) is 7.91. The van der Waals surface area contributed by atoms with Gasteiger partial charge in [-0.15, -0.1) is 0 Å². The lowest BCUT2D eigenvalue weighted by molar-refractivity contribution is 0.0465. The molecule has 122 valence electrons. The maximum Gasteiger partial charge on any atom is 0.0507 e. The molecule has 0 aromatic carbocycles. The van der Waals surface area contributed by atoms with E-state index in [1.54, 1.807) is 0 Å². The minimum absolute atomic E-state index is 0.673. The molecule has 3 fully saturated rings. The van der Waals surface area contributed by atoms with Crippen LogP contribution in [0, 0.1) is 17.8 Å². The highest BCUT2D eigenvalue weighted by Crippen LogP contribution is 2.31. The Morgan fingerprint density at radius 1 is 1.14 bits per heavy atom. The molecule has 21 heavy (non-hydrogen) atoms. The largest absolute Gasteiger partial charge is 0.381 e. The van der Waals surface area contributed by atoms with Gasteiger partial charge in [0.15, 0.2) is 0 Å². The summed E-state index contributed by atoms with van der Waals surface area (Å²) < 4.78 is 5.61. The van der Waals surface area contributed by atoms with Crippen molar-refractivity contribution in [3.8, 4) is 0 Å². The van der Waals surface area contributed by atoms with Crippen LogP contribution in [0.2, 0.25) is 0 Å². The van der Waals surface area contributed by atoms with Crippen molar-refractivity contribution in [1.29, 1.82) is 0 Å². The quantitative estimate of drug-likeness (QED) is 0.863. The minimum Gasteiger partial charge on any atom is -0.381 e. The first-order valence-electron chi connectivity index (χ1n) is 9.29. The molecule has 0 aromatic heterocycles. The second kappa shape index (κ2) is 7.43. The summed E-state index contributed by atoms with van der Waals surface area (Å²) in [5.41, 5.74) is 0. The number of hydrogen-bond acceptors (Lipinski definition) is 3. The van der Waals surface area contributed by atoms with Gasteiger partial charge < -0.3 is 10.1 Å². The lowest BCUT2D eigenvalue weighted by Gasteiger charge is -2.46. The Hall–Kier alpha value is -0.120. The molecule has 0 spiro atoms. The zero-order valence-electron chi connectivity index (χ0n) is 14.0.